The number of benzene rings is 2. The fraction of sp³-hybridized carbons (Fsp3) is 0.732. The molecule has 10 N–H and O–H groups in total. The number of hydrogen-bond donors (Lipinski definition) is 10. The van der Waals surface area contributed by atoms with Gasteiger partial charge >= 0.3 is 6.16 Å². The lowest BCUT2D eigenvalue weighted by molar-refractivity contribution is -0.334. The van der Waals surface area contributed by atoms with Crippen molar-refractivity contribution >= 4 is 28.5 Å². The first-order chi connectivity index (χ1) is 38.6. The van der Waals surface area contributed by atoms with Gasteiger partial charge in [-0.25, -0.2) is 4.79 Å². The second-order valence-electron chi connectivity index (χ2n) is 22.6. The Bertz CT molecular complexity index is 2590. The molecule has 25 atom stereocenters. The van der Waals surface area contributed by atoms with Crippen LogP contribution < -0.4 is 4.74 Å². The zero-order valence-electron chi connectivity index (χ0n) is 47.4. The van der Waals surface area contributed by atoms with Crippen molar-refractivity contribution in [2.24, 2.45) is 5.92 Å². The summed E-state index contributed by atoms with van der Waals surface area (Å²) >= 11 is 0. The van der Waals surface area contributed by atoms with Gasteiger partial charge in [-0.3, -0.25) is 9.59 Å². The third-order valence-electron chi connectivity index (χ3n) is 16.4. The lowest BCUT2D eigenvalue weighted by Crippen LogP contribution is -2.58. The summed E-state index contributed by atoms with van der Waals surface area (Å²) in [4.78, 5) is 41.3. The number of aliphatic hydroxyl groups is 8. The number of methoxy groups -OCH3 is 1. The molecule has 6 aliphatic rings. The Kier molecular flexibility index (Phi) is 20.3. The molecule has 5 heterocycles. The van der Waals surface area contributed by atoms with Crippen molar-refractivity contribution in [2.45, 2.75) is 248 Å². The number of carbonyl (C=O) groups excluding carboxylic acids is 3. The second-order valence-corrected chi connectivity index (χ2v) is 22.6. The molecule has 5 unspecified atom stereocenters. The van der Waals surface area contributed by atoms with Crippen LogP contribution in [0.15, 0.2) is 24.5 Å². The number of Topliss-reactive ketones (excluding diaryl/α,β-unsaturated/α-hetero) is 2. The standard InChI is InChI=1S/C56H80O26/c1-11-12-71-55(68)81-35-19-38(74-26(7)48(35)63)78-32-16-36(72-23(4)45(32)60)77-31-15-29-13-28-14-30(52(70-10)51(66)44(59)22(3)57)53(50(65)42(28)49(64)41(29)43(58)21(31)2)82-39-18-33(46(61)25(6)75-39)79-37-17-34(47(62)24(5)73-37)80-40-20-56(9,69)54(67)27(8)76-40/h11-13,15,22-27,30,32-40,44-48,52-54,57-64,67,69H,14,16-20H2,1-10H3/t22-,23?,24?,25?,26?,27?,30+,32-,33-,34-,35-,36+,37+,38+,39+,40+,44+,45-,46-,47+,48-,52+,53+,54-,56+/m1/s1. The van der Waals surface area contributed by atoms with Crippen molar-refractivity contribution in [3.05, 3.63) is 41.2 Å². The molecule has 0 bridgehead atoms. The average molecular weight is 1170 g/mol. The van der Waals surface area contributed by atoms with Gasteiger partial charge in [-0.2, -0.15) is 0 Å². The minimum atomic E-state index is -1.96. The van der Waals surface area contributed by atoms with E-state index in [0.717, 1.165) is 6.26 Å². The first kappa shape index (κ1) is 63.7. The monoisotopic (exact) mass is 1170 g/mol. The Morgan fingerprint density at radius 1 is 0.707 bits per heavy atom. The van der Waals surface area contributed by atoms with E-state index in [9.17, 15) is 60.7 Å². The molecule has 8 rings (SSSR count). The lowest BCUT2D eigenvalue weighted by Gasteiger charge is -2.46. The summed E-state index contributed by atoms with van der Waals surface area (Å²) in [6.45, 7) is 13.6. The number of ether oxygens (including phenoxy) is 13. The van der Waals surface area contributed by atoms with Crippen LogP contribution in [0.2, 0.25) is 0 Å². The highest BCUT2D eigenvalue weighted by molar-refractivity contribution is 6.11. The summed E-state index contributed by atoms with van der Waals surface area (Å²) in [7, 11) is 1.17. The smallest absolute Gasteiger partial charge is 0.507 e. The van der Waals surface area contributed by atoms with E-state index in [0.29, 0.717) is 0 Å². The number of hydrogen-bond acceptors (Lipinski definition) is 26. The number of carbonyl (C=O) groups is 3. The van der Waals surface area contributed by atoms with Gasteiger partial charge in [-0.05, 0) is 91.8 Å². The first-order valence-corrected chi connectivity index (χ1v) is 27.8. The topological polar surface area (TPSA) is 374 Å². The predicted octanol–water partition coefficient (Wildman–Crippen LogP) is 1.45. The molecule has 2 aromatic rings. The maximum absolute atomic E-state index is 15.1. The molecule has 0 radical (unpaired) electrons. The summed E-state index contributed by atoms with van der Waals surface area (Å²) in [6.07, 6.45) is -26.3. The van der Waals surface area contributed by atoms with Gasteiger partial charge < -0.3 is 113 Å². The lowest BCUT2D eigenvalue weighted by atomic mass is 9.75. The van der Waals surface area contributed by atoms with Crippen LogP contribution in [0.1, 0.15) is 109 Å². The van der Waals surface area contributed by atoms with Crippen molar-refractivity contribution in [2.75, 3.05) is 7.11 Å². The number of fused-ring (bicyclic) bond motifs is 2. The van der Waals surface area contributed by atoms with Gasteiger partial charge in [0.2, 0.25) is 6.29 Å². The van der Waals surface area contributed by atoms with Crippen LogP contribution in [-0.2, 0) is 68.1 Å². The summed E-state index contributed by atoms with van der Waals surface area (Å²) in [5.74, 6) is -4.19. The molecule has 0 amide bonds. The van der Waals surface area contributed by atoms with Gasteiger partial charge in [-0.15, -0.1) is 0 Å². The van der Waals surface area contributed by atoms with Crippen LogP contribution in [-0.4, -0.2) is 223 Å². The highest BCUT2D eigenvalue weighted by Crippen LogP contribution is 2.48. The van der Waals surface area contributed by atoms with Gasteiger partial charge in [0.1, 0.15) is 72.2 Å². The quantitative estimate of drug-likeness (QED) is 0.0791. The maximum Gasteiger partial charge on any atom is 0.513 e. The van der Waals surface area contributed by atoms with Crippen molar-refractivity contribution in [3.63, 3.8) is 0 Å². The largest absolute Gasteiger partial charge is 0.513 e. The normalized spacial score (nSPS) is 40.2. The molecule has 26 heteroatoms. The molecule has 0 saturated carbocycles. The summed E-state index contributed by atoms with van der Waals surface area (Å²) < 4.78 is 77.1. The Morgan fingerprint density at radius 2 is 1.20 bits per heavy atom. The zero-order valence-corrected chi connectivity index (χ0v) is 47.4. The minimum absolute atomic E-state index is 0.0676. The molecule has 0 spiro atoms. The van der Waals surface area contributed by atoms with Gasteiger partial charge in [0.05, 0.1) is 77.7 Å². The zero-order chi connectivity index (χ0) is 60.0. The van der Waals surface area contributed by atoms with Crippen LogP contribution in [0.25, 0.3) is 10.8 Å². The average Bonchev–Trinajstić information content (AvgIpc) is 1.57. The fourth-order valence-electron chi connectivity index (χ4n) is 11.7. The molecule has 1 aliphatic carbocycles. The van der Waals surface area contributed by atoms with E-state index in [2.05, 4.69) is 0 Å². The van der Waals surface area contributed by atoms with Crippen LogP contribution in [0, 0.1) is 12.8 Å². The van der Waals surface area contributed by atoms with Crippen LogP contribution in [0.5, 0.6) is 17.2 Å². The van der Waals surface area contributed by atoms with E-state index >= 15 is 4.79 Å². The summed E-state index contributed by atoms with van der Waals surface area (Å²) in [6, 6.07) is 3.00. The minimum Gasteiger partial charge on any atom is -0.507 e. The van der Waals surface area contributed by atoms with Crippen LogP contribution >= 0.6 is 0 Å². The molecule has 5 fully saturated rings. The molecular formula is C56H80O26. The Labute approximate surface area is 473 Å². The number of ketones is 2. The maximum atomic E-state index is 15.1. The van der Waals surface area contributed by atoms with Gasteiger partial charge in [0.15, 0.2) is 36.7 Å². The van der Waals surface area contributed by atoms with Crippen LogP contribution in [0.3, 0.4) is 0 Å². The molecule has 26 nitrogen and oxygen atoms in total. The second kappa shape index (κ2) is 26.1. The highest BCUT2D eigenvalue weighted by atomic mass is 16.8. The van der Waals surface area contributed by atoms with Gasteiger partial charge in [0.25, 0.3) is 0 Å². The number of allylic oxidation sites excluding steroid dienone is 1. The van der Waals surface area contributed by atoms with Crippen molar-refractivity contribution in [1.82, 2.24) is 0 Å². The number of aliphatic hydroxyl groups excluding tert-OH is 7. The predicted molar refractivity (Wildman–Crippen MR) is 279 cm³/mol. The SMILES string of the molecule is CC=COC(=O)O[C@@H]1C[C@H](O[C@@H]2C[C@H](Oc3cc4cc5c(c(O)c4c(O)c3C)C(=O)[C@@H](O[C@H]3C[C@@H](O[C@H]4C[C@@H](O[C@H]6C[C@](C)(O)[C@H](O)C(C)O6)[C@@H](O)C(C)O4)[C@H](O)C(C)O3)[C@H]([C@H](OC)C(=O)[C@@H](O)[C@@H](C)O)C5)OC(C)[C@H]2O)OC(C)[C@H]1O. The molecular weight excluding hydrogens is 1090 g/mol. The van der Waals surface area contributed by atoms with Crippen molar-refractivity contribution in [1.29, 1.82) is 0 Å². The first-order valence-electron chi connectivity index (χ1n) is 27.8. The number of rotatable bonds is 17. The molecule has 2 aromatic carbocycles. The third-order valence-corrected chi connectivity index (χ3v) is 16.4. The van der Waals surface area contributed by atoms with E-state index in [1.54, 1.807) is 34.6 Å². The summed E-state index contributed by atoms with van der Waals surface area (Å²) in [5, 5.41) is 111. The van der Waals surface area contributed by atoms with Gasteiger partial charge in [-0.1, -0.05) is 6.08 Å². The number of phenols is 2. The van der Waals surface area contributed by atoms with Crippen molar-refractivity contribution < 1.29 is 127 Å². The molecule has 5 aliphatic heterocycles. The Morgan fingerprint density at radius 3 is 1.72 bits per heavy atom. The Hall–Kier alpha value is -4.27. The van der Waals surface area contributed by atoms with Gasteiger partial charge in [0, 0.05) is 50.7 Å². The molecule has 460 valence electrons. The van der Waals surface area contributed by atoms with E-state index < -0.39 is 182 Å². The van der Waals surface area contributed by atoms with Crippen molar-refractivity contribution in [3.8, 4) is 17.2 Å². The number of aromatic hydroxyl groups is 2. The molecule has 82 heavy (non-hydrogen) atoms. The fourth-order valence-corrected chi connectivity index (χ4v) is 11.7. The Balaban J connectivity index is 1.03. The van der Waals surface area contributed by atoms with E-state index in [1.165, 1.54) is 53.0 Å². The highest BCUT2D eigenvalue weighted by Gasteiger charge is 2.52. The third kappa shape index (κ3) is 13.5. The van der Waals surface area contributed by atoms with E-state index in [1.807, 2.05) is 0 Å². The molecule has 0 aromatic heterocycles. The molecule has 5 saturated heterocycles. The van der Waals surface area contributed by atoms with Crippen LogP contribution in [0.4, 0.5) is 4.79 Å². The number of phenolic OH excluding ortho intramolecular Hbond substituents is 2. The van der Waals surface area contributed by atoms with E-state index in [4.69, 9.17) is 61.6 Å². The summed E-state index contributed by atoms with van der Waals surface area (Å²) in [5.41, 5.74) is -1.54. The van der Waals surface area contributed by atoms with E-state index in [-0.39, 0.29) is 71.7 Å².